The molecule has 4 heteroatoms. The lowest BCUT2D eigenvalue weighted by atomic mass is 10.0. The lowest BCUT2D eigenvalue weighted by Gasteiger charge is -2.12. The molecule has 0 saturated carbocycles. The van der Waals surface area contributed by atoms with Gasteiger partial charge in [-0.15, -0.1) is 0 Å². The van der Waals surface area contributed by atoms with E-state index in [-0.39, 0.29) is 11.8 Å². The summed E-state index contributed by atoms with van der Waals surface area (Å²) in [6, 6.07) is 2.75. The lowest BCUT2D eigenvalue weighted by molar-refractivity contribution is 0.301. The number of ether oxygens (including phenoxy) is 1. The summed E-state index contributed by atoms with van der Waals surface area (Å²) in [6.45, 7) is 0.513. The molecule has 1 unspecified atom stereocenters. The van der Waals surface area contributed by atoms with Gasteiger partial charge in [0.15, 0.2) is 11.6 Å². The molecule has 2 nitrogen and oxygen atoms in total. The van der Waals surface area contributed by atoms with Gasteiger partial charge in [0, 0.05) is 16.6 Å². The molecule has 0 radical (unpaired) electrons. The molecule has 2 rings (SSSR count). The fourth-order valence-electron chi connectivity index (χ4n) is 1.64. The maximum Gasteiger partial charge on any atom is 0.166 e. The molecule has 0 aliphatic carbocycles. The average Bonchev–Trinajstić information content (AvgIpc) is 2.29. The van der Waals surface area contributed by atoms with Gasteiger partial charge in [0.25, 0.3) is 0 Å². The number of fused-ring (bicyclic) bond motifs is 1. The highest BCUT2D eigenvalue weighted by Crippen LogP contribution is 2.34. The summed E-state index contributed by atoms with van der Waals surface area (Å²) in [5.41, 5.74) is 6.55. The lowest BCUT2D eigenvalue weighted by Crippen LogP contribution is -2.09. The molecule has 1 aromatic carbocycles. The Balaban J connectivity index is 2.53. The van der Waals surface area contributed by atoms with Crippen molar-refractivity contribution in [2.24, 2.45) is 5.73 Å². The second-order valence-electron chi connectivity index (χ2n) is 3.40. The molecule has 1 aromatic rings. The van der Waals surface area contributed by atoms with Crippen LogP contribution >= 0.6 is 11.6 Å². The number of rotatable bonds is 0. The van der Waals surface area contributed by atoms with E-state index in [1.165, 1.54) is 6.07 Å². The minimum atomic E-state index is -0.426. The second kappa shape index (κ2) is 3.75. The molecule has 1 atom stereocenters. The number of benzene rings is 1. The number of hydrogen-bond acceptors (Lipinski definition) is 2. The van der Waals surface area contributed by atoms with Crippen LogP contribution in [-0.4, -0.2) is 6.61 Å². The summed E-state index contributed by atoms with van der Waals surface area (Å²) >= 11 is 5.75. The van der Waals surface area contributed by atoms with Crippen LogP contribution in [0.5, 0.6) is 5.75 Å². The number of hydrogen-bond donors (Lipinski definition) is 1. The van der Waals surface area contributed by atoms with Crippen LogP contribution in [0, 0.1) is 5.82 Å². The van der Waals surface area contributed by atoms with E-state index in [1.807, 2.05) is 0 Å². The first-order valence-corrected chi connectivity index (χ1v) is 4.93. The zero-order valence-electron chi connectivity index (χ0n) is 7.59. The van der Waals surface area contributed by atoms with E-state index in [2.05, 4.69) is 0 Å². The van der Waals surface area contributed by atoms with Crippen LogP contribution < -0.4 is 10.5 Å². The third kappa shape index (κ3) is 1.70. The molecule has 0 saturated heterocycles. The second-order valence-corrected chi connectivity index (χ2v) is 3.84. The van der Waals surface area contributed by atoms with Gasteiger partial charge in [0.2, 0.25) is 0 Å². The summed E-state index contributed by atoms with van der Waals surface area (Å²) in [4.78, 5) is 0. The quantitative estimate of drug-likeness (QED) is 0.722. The maximum absolute atomic E-state index is 13.4. The van der Waals surface area contributed by atoms with Crippen molar-refractivity contribution in [3.8, 4) is 5.75 Å². The Morgan fingerprint density at radius 2 is 2.29 bits per heavy atom. The molecule has 2 N–H and O–H groups in total. The third-order valence-corrected chi connectivity index (χ3v) is 2.56. The Morgan fingerprint density at radius 1 is 1.50 bits per heavy atom. The van der Waals surface area contributed by atoms with Crippen LogP contribution in [0.2, 0.25) is 5.02 Å². The molecule has 0 bridgehead atoms. The zero-order chi connectivity index (χ0) is 10.1. The van der Waals surface area contributed by atoms with Crippen molar-refractivity contribution >= 4 is 11.6 Å². The van der Waals surface area contributed by atoms with Crippen LogP contribution in [0.4, 0.5) is 4.39 Å². The van der Waals surface area contributed by atoms with Crippen molar-refractivity contribution in [2.45, 2.75) is 18.9 Å². The van der Waals surface area contributed by atoms with E-state index in [9.17, 15) is 4.39 Å². The summed E-state index contributed by atoms with van der Waals surface area (Å²) in [5.74, 6) is -0.163. The molecule has 1 heterocycles. The molecule has 14 heavy (non-hydrogen) atoms. The standard InChI is InChI=1S/C10H11ClFNO/c11-6-4-7-9(13)2-1-3-14-10(7)8(12)5-6/h4-5,9H,1-3,13H2. The summed E-state index contributed by atoms with van der Waals surface area (Å²) in [6.07, 6.45) is 1.64. The van der Waals surface area contributed by atoms with Crippen LogP contribution in [-0.2, 0) is 0 Å². The summed E-state index contributed by atoms with van der Waals surface area (Å²) in [5, 5.41) is 0.363. The highest BCUT2D eigenvalue weighted by atomic mass is 35.5. The van der Waals surface area contributed by atoms with E-state index in [4.69, 9.17) is 22.1 Å². The molecule has 0 aromatic heterocycles. The topological polar surface area (TPSA) is 35.2 Å². The van der Waals surface area contributed by atoms with Gasteiger partial charge >= 0.3 is 0 Å². The van der Waals surface area contributed by atoms with Gasteiger partial charge in [-0.25, -0.2) is 4.39 Å². The van der Waals surface area contributed by atoms with Crippen molar-refractivity contribution in [3.05, 3.63) is 28.5 Å². The average molecular weight is 216 g/mol. The monoisotopic (exact) mass is 215 g/mol. The molecule has 0 spiro atoms. The maximum atomic E-state index is 13.4. The van der Waals surface area contributed by atoms with Gasteiger partial charge in [-0.3, -0.25) is 0 Å². The van der Waals surface area contributed by atoms with E-state index >= 15 is 0 Å². The Kier molecular flexibility index (Phi) is 2.61. The first kappa shape index (κ1) is 9.74. The van der Waals surface area contributed by atoms with E-state index in [0.717, 1.165) is 12.8 Å². The summed E-state index contributed by atoms with van der Waals surface area (Å²) in [7, 11) is 0. The van der Waals surface area contributed by atoms with Crippen molar-refractivity contribution in [1.29, 1.82) is 0 Å². The van der Waals surface area contributed by atoms with Crippen molar-refractivity contribution in [2.75, 3.05) is 6.61 Å². The fraction of sp³-hybridized carbons (Fsp3) is 0.400. The van der Waals surface area contributed by atoms with Crippen molar-refractivity contribution in [3.63, 3.8) is 0 Å². The Morgan fingerprint density at radius 3 is 3.07 bits per heavy atom. The van der Waals surface area contributed by atoms with E-state index in [1.54, 1.807) is 6.07 Å². The van der Waals surface area contributed by atoms with Gasteiger partial charge in [-0.2, -0.15) is 0 Å². The molecule has 1 aliphatic rings. The molecule has 0 fully saturated rings. The smallest absolute Gasteiger partial charge is 0.166 e. The SMILES string of the molecule is NC1CCCOc2c(F)cc(Cl)cc21. The summed E-state index contributed by atoms with van der Waals surface area (Å²) < 4.78 is 18.7. The molecular formula is C10H11ClFNO. The Hall–Kier alpha value is -0.800. The molecule has 1 aliphatic heterocycles. The normalized spacial score (nSPS) is 20.9. The van der Waals surface area contributed by atoms with Gasteiger partial charge < -0.3 is 10.5 Å². The number of nitrogens with two attached hydrogens (primary N) is 1. The van der Waals surface area contributed by atoms with Crippen LogP contribution in [0.1, 0.15) is 24.4 Å². The van der Waals surface area contributed by atoms with Gasteiger partial charge in [-0.05, 0) is 25.0 Å². The minimum Gasteiger partial charge on any atom is -0.490 e. The third-order valence-electron chi connectivity index (χ3n) is 2.34. The molecule has 76 valence electrons. The molecular weight excluding hydrogens is 205 g/mol. The largest absolute Gasteiger partial charge is 0.490 e. The van der Waals surface area contributed by atoms with Crippen molar-refractivity contribution in [1.82, 2.24) is 0 Å². The van der Waals surface area contributed by atoms with Crippen LogP contribution in [0.15, 0.2) is 12.1 Å². The fourth-order valence-corrected chi connectivity index (χ4v) is 1.85. The first-order valence-electron chi connectivity index (χ1n) is 4.56. The predicted octanol–water partition coefficient (Wildman–Crippen LogP) is 2.65. The highest BCUT2D eigenvalue weighted by Gasteiger charge is 2.20. The minimum absolute atomic E-state index is 0.180. The molecule has 0 amide bonds. The van der Waals surface area contributed by atoms with E-state index < -0.39 is 5.82 Å². The predicted molar refractivity (Wildman–Crippen MR) is 53.1 cm³/mol. The van der Waals surface area contributed by atoms with Gasteiger partial charge in [0.1, 0.15) is 0 Å². The zero-order valence-corrected chi connectivity index (χ0v) is 8.35. The number of halogens is 2. The highest BCUT2D eigenvalue weighted by molar-refractivity contribution is 6.30. The van der Waals surface area contributed by atoms with Crippen LogP contribution in [0.25, 0.3) is 0 Å². The van der Waals surface area contributed by atoms with Gasteiger partial charge in [-0.1, -0.05) is 11.6 Å². The van der Waals surface area contributed by atoms with Crippen LogP contribution in [0.3, 0.4) is 0 Å². The van der Waals surface area contributed by atoms with Gasteiger partial charge in [0.05, 0.1) is 6.61 Å². The van der Waals surface area contributed by atoms with Crippen molar-refractivity contribution < 1.29 is 9.13 Å². The first-order chi connectivity index (χ1) is 6.68. The van der Waals surface area contributed by atoms with E-state index in [0.29, 0.717) is 17.2 Å². The Bertz CT molecular complexity index is 356. The Labute approximate surface area is 86.8 Å².